The molecule has 1 saturated carbocycles. The lowest BCUT2D eigenvalue weighted by Gasteiger charge is -2.63. The van der Waals surface area contributed by atoms with Gasteiger partial charge < -0.3 is 144 Å². The number of hydrogen-bond acceptors (Lipinski definition) is 38. The van der Waals surface area contributed by atoms with Gasteiger partial charge in [0, 0.05) is 107 Å². The first-order chi connectivity index (χ1) is 68.7. The van der Waals surface area contributed by atoms with Crippen LogP contribution in [0.2, 0.25) is 0 Å². The molecule has 11 rings (SSSR count). The Balaban J connectivity index is 0.458. The standard InChI is InChI=1S/C96H139N15O29S2/c1-7-92(124,8-2)57-63-58-95(89(122)127-6,79-68(21-25-98-59-63)67-13-10-11-14-71(67)104-79)70-55-69-74(56-75(70)126-5)110(4)86-94(69)24-28-111-27-12-23-93(9-3,85(94)111)87(120)96(86,125)88(121)108-109-91(123)140-53-54-141-142-62-73(84(118)119)103-77(113)22-29-128-31-33-130-35-37-132-39-41-134-43-45-136-47-49-138-51-52-139-50-48-137-46-44-135-42-40-133-38-36-131-34-32-129-30-26-99-76(112)20-19-72(83(116)117)105-81(114)64-15-17-65(18-16-64)100-60-66-61-101-80-78(102-66)82(115)107-90(97)106-80/h10-18,23,55-56,61,63,72-73,85-87,98,100,104,120,124-125H,7-9,19-22,24-54,57-60,62H2,1-6H3,(H,99,112)(H,103,113)(H,105,114)(H,108,121)(H,109,123)(H,116,117)(H,118,119)(H3,97,101,106,107,115)/t63-,72+,73+,85+,86-,87-,93-,94-,95+,96+/m1/s1. The second kappa shape index (κ2) is 56.4. The number of nitrogen functional groups attached to an aromatic ring is 1. The van der Waals surface area contributed by atoms with Crippen LogP contribution in [0.4, 0.5) is 22.1 Å². The van der Waals surface area contributed by atoms with Crippen LogP contribution in [0, 0.1) is 11.3 Å². The second-order valence-electron chi connectivity index (χ2n) is 34.9. The van der Waals surface area contributed by atoms with Crippen molar-refractivity contribution in [1.29, 1.82) is 0 Å². The molecule has 6 aromatic rings. The quantitative estimate of drug-likeness (QED) is 0.00852. The second-order valence-corrected chi connectivity index (χ2v) is 37.6. The summed E-state index contributed by atoms with van der Waals surface area (Å²) < 4.78 is 84.3. The number of esters is 1. The monoisotopic (exact) mass is 2030 g/mol. The first-order valence-corrected chi connectivity index (χ1v) is 50.7. The molecule has 2 fully saturated rings. The SMILES string of the molecule is CCC(O)(CC)C[C@H]1CNCCc2c([nH]c3ccccc23)[C@@](C(=O)OC)(c2cc3c(cc2OC)N(C)[C@H]2[C@@](O)(C(=O)NNC(=O)OCCSSC[C@H](NC(=O)CCOCCOCCOCCOCCOCCOCCOCCOCCOCCOCCOCCOCCNC(=O)CC[C@H](NC(=O)c4ccc(NCc5cnc6nc(N)nc(O)c6n5)cc4)C(=O)O)C(=O)O)[C@H](O)[C@]4(CC)C=CCN5CC[C@]32[C@@H]54)C1. The minimum atomic E-state index is -2.63. The van der Waals surface area contributed by atoms with E-state index in [0.29, 0.717) is 224 Å². The number of likely N-dealkylation sites (N-methyl/N-ethyl adjacent to an activating group) is 1. The zero-order valence-electron chi connectivity index (χ0n) is 81.5. The number of aromatic amines is 1. The number of aromatic nitrogens is 5. The van der Waals surface area contributed by atoms with Crippen LogP contribution in [-0.2, 0) is 119 Å². The van der Waals surface area contributed by atoms with Gasteiger partial charge in [-0.3, -0.25) is 34.3 Å². The fourth-order valence-corrected chi connectivity index (χ4v) is 21.3. The Kier molecular flexibility index (Phi) is 44.6. The molecule has 1 aliphatic carbocycles. The summed E-state index contributed by atoms with van der Waals surface area (Å²) in [7, 11) is 7.02. The molecule has 784 valence electrons. The van der Waals surface area contributed by atoms with Gasteiger partial charge in [0.25, 0.3) is 11.8 Å². The summed E-state index contributed by atoms with van der Waals surface area (Å²) in [6, 6.07) is 13.9. The topological polar surface area (TPSA) is 580 Å². The molecule has 5 amide bonds. The molecular weight excluding hydrogens is 1890 g/mol. The number of nitrogens with two attached hydrogens (primary N) is 1. The van der Waals surface area contributed by atoms with Gasteiger partial charge in [-0.05, 0) is 124 Å². The Morgan fingerprint density at radius 3 is 1.85 bits per heavy atom. The lowest BCUT2D eigenvalue weighted by atomic mass is 9.47. The van der Waals surface area contributed by atoms with Gasteiger partial charge in [0.15, 0.2) is 16.8 Å². The highest BCUT2D eigenvalue weighted by atomic mass is 33.1. The highest BCUT2D eigenvalue weighted by molar-refractivity contribution is 8.76. The molecule has 46 heteroatoms. The Morgan fingerprint density at radius 2 is 1.27 bits per heavy atom. The van der Waals surface area contributed by atoms with E-state index in [2.05, 4.69) is 67.3 Å². The number of ether oxygens (including phenoxy) is 15. The minimum absolute atomic E-state index is 0.0250. The van der Waals surface area contributed by atoms with Gasteiger partial charge in [-0.25, -0.2) is 29.8 Å². The molecule has 1 saturated heterocycles. The lowest BCUT2D eigenvalue weighted by Crippen LogP contribution is -2.82. The maximum atomic E-state index is 15.6. The predicted molar refractivity (Wildman–Crippen MR) is 523 cm³/mol. The maximum absolute atomic E-state index is 15.6. The van der Waals surface area contributed by atoms with Crippen molar-refractivity contribution < 1.29 is 140 Å². The molecule has 0 bridgehead atoms. The number of methoxy groups -OCH3 is 2. The summed E-state index contributed by atoms with van der Waals surface area (Å²) in [4.78, 5) is 130. The van der Waals surface area contributed by atoms with E-state index in [1.807, 2.05) is 74.2 Å². The number of amides is 5. The molecule has 44 nitrogen and oxygen atoms in total. The number of fused-ring (bicyclic) bond motifs is 5. The van der Waals surface area contributed by atoms with Crippen LogP contribution in [0.5, 0.6) is 11.6 Å². The number of H-pyrrole nitrogens is 1. The number of para-hydroxylation sites is 1. The lowest BCUT2D eigenvalue weighted by molar-refractivity contribution is -0.204. The third-order valence-electron chi connectivity index (χ3n) is 26.2. The number of carboxylic acids is 2. The first-order valence-electron chi connectivity index (χ1n) is 48.2. The van der Waals surface area contributed by atoms with Crippen LogP contribution in [-0.4, -0.2) is 380 Å². The largest absolute Gasteiger partial charge is 0.496 e. The summed E-state index contributed by atoms with van der Waals surface area (Å²) >= 11 is 0. The van der Waals surface area contributed by atoms with Crippen LogP contribution >= 0.6 is 21.6 Å². The number of carbonyl (C=O) groups is 8. The number of aromatic hydroxyl groups is 1. The molecule has 0 radical (unpaired) electrons. The number of aliphatic hydroxyl groups is 3. The zero-order chi connectivity index (χ0) is 102. The van der Waals surface area contributed by atoms with Crippen molar-refractivity contribution in [2.45, 2.75) is 144 Å². The number of nitrogens with zero attached hydrogens (tertiary/aromatic N) is 6. The van der Waals surface area contributed by atoms with Gasteiger partial charge in [-0.1, -0.05) is 72.7 Å². The van der Waals surface area contributed by atoms with Crippen LogP contribution in [0.1, 0.15) is 117 Å². The molecule has 142 heavy (non-hydrogen) atoms. The minimum Gasteiger partial charge on any atom is -0.496 e. The summed E-state index contributed by atoms with van der Waals surface area (Å²) in [5, 5.41) is 83.8. The number of nitrogens with one attached hydrogen (secondary N) is 8. The zero-order valence-corrected chi connectivity index (χ0v) is 83.2. The maximum Gasteiger partial charge on any atom is 0.426 e. The van der Waals surface area contributed by atoms with E-state index in [0.717, 1.165) is 32.8 Å². The van der Waals surface area contributed by atoms with Crippen LogP contribution in [0.3, 0.4) is 0 Å². The number of aliphatic hydroxyl groups excluding tert-OH is 1. The number of hydrogen-bond donors (Lipinski definition) is 15. The van der Waals surface area contributed by atoms with E-state index >= 15 is 9.59 Å². The van der Waals surface area contributed by atoms with Gasteiger partial charge in [-0.2, -0.15) is 9.97 Å². The fourth-order valence-electron chi connectivity index (χ4n) is 19.3. The Bertz CT molecular complexity index is 5090. The number of hydrazine groups is 1. The number of anilines is 3. The first kappa shape index (κ1) is 112. The Morgan fingerprint density at radius 1 is 0.676 bits per heavy atom. The predicted octanol–water partition coefficient (Wildman–Crippen LogP) is 3.64. The van der Waals surface area contributed by atoms with Crippen LogP contribution in [0.15, 0.2) is 79.0 Å². The summed E-state index contributed by atoms with van der Waals surface area (Å²) in [6.07, 6.45) is 5.03. The third kappa shape index (κ3) is 29.4. The number of benzene rings is 3. The normalized spacial score (nSPS) is 20.7. The van der Waals surface area contributed by atoms with E-state index in [4.69, 9.17) is 76.8 Å². The average molecular weight is 2030 g/mol. The third-order valence-corrected chi connectivity index (χ3v) is 28.6. The Hall–Kier alpha value is -10.1. The smallest absolute Gasteiger partial charge is 0.426 e. The summed E-state index contributed by atoms with van der Waals surface area (Å²) in [6.45, 7) is 16.3. The van der Waals surface area contributed by atoms with Crippen molar-refractivity contribution >= 4 is 109 Å². The molecule has 3 aromatic heterocycles. The summed E-state index contributed by atoms with van der Waals surface area (Å²) in [5.41, 5.74) is 8.47. The molecule has 5 aliphatic rings. The van der Waals surface area contributed by atoms with Gasteiger partial charge in [-0.15, -0.1) is 0 Å². The fraction of sp³-hybridized carbons (Fsp3) is 0.625. The number of carbonyl (C=O) groups excluding carboxylic acids is 6. The van der Waals surface area contributed by atoms with E-state index in [1.54, 1.807) is 26.3 Å². The molecular formula is C96H139N15O29S2. The van der Waals surface area contributed by atoms with Crippen molar-refractivity contribution in [2.24, 2.45) is 11.3 Å². The van der Waals surface area contributed by atoms with Gasteiger partial charge >= 0.3 is 24.0 Å². The molecule has 7 heterocycles. The molecule has 1 spiro atoms. The van der Waals surface area contributed by atoms with Crippen molar-refractivity contribution in [1.82, 2.24) is 61.9 Å². The summed E-state index contributed by atoms with van der Waals surface area (Å²) in [5.74, 6) is -5.99. The van der Waals surface area contributed by atoms with Crippen molar-refractivity contribution in [3.05, 3.63) is 113 Å². The van der Waals surface area contributed by atoms with E-state index < -0.39 is 111 Å². The van der Waals surface area contributed by atoms with E-state index in [1.165, 1.54) is 36.2 Å². The van der Waals surface area contributed by atoms with Crippen molar-refractivity contribution in [3.8, 4) is 11.6 Å². The molecule has 0 unspecified atom stereocenters. The number of carboxylic acid groups (broad SMARTS) is 2. The van der Waals surface area contributed by atoms with Crippen LogP contribution in [0.25, 0.3) is 22.1 Å². The number of rotatable bonds is 65. The molecule has 3 aromatic carbocycles. The van der Waals surface area contributed by atoms with Crippen molar-refractivity contribution in [2.75, 3.05) is 247 Å². The van der Waals surface area contributed by atoms with E-state index in [9.17, 15) is 59.4 Å². The van der Waals surface area contributed by atoms with Gasteiger partial charge in [0.1, 0.15) is 36.0 Å². The van der Waals surface area contributed by atoms with Crippen LogP contribution < -0.4 is 52.8 Å². The molecule has 16 N–H and O–H groups in total. The van der Waals surface area contributed by atoms with Gasteiger partial charge in [0.2, 0.25) is 23.6 Å². The highest BCUT2D eigenvalue weighted by Gasteiger charge is 2.79. The molecule has 4 aliphatic heterocycles. The molecule has 10 atom stereocenters. The van der Waals surface area contributed by atoms with Crippen molar-refractivity contribution in [3.63, 3.8) is 0 Å². The average Bonchev–Trinajstić information content (AvgIpc) is 1.48. The Labute approximate surface area is 832 Å². The highest BCUT2D eigenvalue weighted by Crippen LogP contribution is 2.68. The number of aliphatic carboxylic acids is 2. The van der Waals surface area contributed by atoms with Gasteiger partial charge in [0.05, 0.1) is 203 Å². The van der Waals surface area contributed by atoms with E-state index in [-0.39, 0.29) is 119 Å².